The van der Waals surface area contributed by atoms with Gasteiger partial charge >= 0.3 is 0 Å². The molecule has 1 aliphatic rings. The van der Waals surface area contributed by atoms with Crippen LogP contribution in [0, 0.1) is 5.92 Å². The topological polar surface area (TPSA) is 56.7 Å². The maximum absolute atomic E-state index is 5.86. The number of hydrogen-bond donors (Lipinski definition) is 1. The molecule has 2 rings (SSSR count). The molecule has 60 valence electrons. The first kappa shape index (κ1) is 6.79. The molecule has 0 saturated heterocycles. The maximum Gasteiger partial charge on any atom is 0.138 e. The van der Waals surface area contributed by atoms with Gasteiger partial charge in [-0.15, -0.1) is 0 Å². The van der Waals surface area contributed by atoms with Gasteiger partial charge in [-0.1, -0.05) is 6.92 Å². The second kappa shape index (κ2) is 2.30. The van der Waals surface area contributed by atoms with Gasteiger partial charge in [0.25, 0.3) is 0 Å². The molecule has 0 radical (unpaired) electrons. The van der Waals surface area contributed by atoms with Crippen LogP contribution in [0.25, 0.3) is 0 Å². The zero-order valence-electron chi connectivity index (χ0n) is 6.57. The highest BCUT2D eigenvalue weighted by molar-refractivity contribution is 4.94. The molecule has 4 heteroatoms. The van der Waals surface area contributed by atoms with E-state index < -0.39 is 0 Å². The fourth-order valence-corrected chi connectivity index (χ4v) is 1.42. The summed E-state index contributed by atoms with van der Waals surface area (Å²) in [5, 5.41) is 4.07. The molecule has 1 aromatic heterocycles. The summed E-state index contributed by atoms with van der Waals surface area (Å²) in [6.07, 6.45) is 2.56. The minimum Gasteiger partial charge on any atom is -0.326 e. The molecule has 1 aliphatic heterocycles. The van der Waals surface area contributed by atoms with Crippen molar-refractivity contribution >= 4 is 0 Å². The van der Waals surface area contributed by atoms with E-state index in [0.717, 1.165) is 18.8 Å². The van der Waals surface area contributed by atoms with Crippen LogP contribution in [0.1, 0.15) is 12.7 Å². The van der Waals surface area contributed by atoms with E-state index in [4.69, 9.17) is 5.73 Å². The van der Waals surface area contributed by atoms with E-state index in [1.807, 2.05) is 4.68 Å². The fourth-order valence-electron chi connectivity index (χ4n) is 1.42. The predicted molar refractivity (Wildman–Crippen MR) is 40.9 cm³/mol. The standard InChI is InChI=1S/C7H12N4/c1-5-2-7-9-4-10-11(7)3-6(5)8/h4-6H,2-3,8H2,1H3. The summed E-state index contributed by atoms with van der Waals surface area (Å²) in [6.45, 7) is 2.97. The SMILES string of the molecule is CC1Cc2ncnn2CC1N. The summed E-state index contributed by atoms with van der Waals surface area (Å²) in [5.41, 5.74) is 5.86. The van der Waals surface area contributed by atoms with Crippen LogP contribution in [0.5, 0.6) is 0 Å². The van der Waals surface area contributed by atoms with Crippen molar-refractivity contribution in [3.63, 3.8) is 0 Å². The maximum atomic E-state index is 5.86. The van der Waals surface area contributed by atoms with Crippen molar-refractivity contribution in [2.75, 3.05) is 0 Å². The van der Waals surface area contributed by atoms with Gasteiger partial charge in [-0.05, 0) is 5.92 Å². The van der Waals surface area contributed by atoms with Crippen molar-refractivity contribution in [2.24, 2.45) is 11.7 Å². The van der Waals surface area contributed by atoms with Crippen molar-refractivity contribution in [2.45, 2.75) is 25.9 Å². The third-order valence-electron chi connectivity index (χ3n) is 2.31. The summed E-state index contributed by atoms with van der Waals surface area (Å²) >= 11 is 0. The second-order valence-electron chi connectivity index (χ2n) is 3.20. The van der Waals surface area contributed by atoms with Gasteiger partial charge in [0.05, 0.1) is 6.54 Å². The molecule has 0 spiro atoms. The number of aromatic nitrogens is 3. The molecule has 0 amide bonds. The minimum atomic E-state index is 0.240. The Kier molecular flexibility index (Phi) is 1.42. The molecule has 1 aromatic rings. The Hall–Kier alpha value is -0.900. The van der Waals surface area contributed by atoms with Crippen molar-refractivity contribution in [3.05, 3.63) is 12.2 Å². The van der Waals surface area contributed by atoms with Crippen LogP contribution in [0.2, 0.25) is 0 Å². The van der Waals surface area contributed by atoms with Crippen molar-refractivity contribution < 1.29 is 0 Å². The molecule has 0 aliphatic carbocycles. The Balaban J connectivity index is 2.30. The molecule has 11 heavy (non-hydrogen) atoms. The normalized spacial score (nSPS) is 30.0. The largest absolute Gasteiger partial charge is 0.326 e. The first-order valence-corrected chi connectivity index (χ1v) is 3.89. The Morgan fingerprint density at radius 3 is 3.36 bits per heavy atom. The van der Waals surface area contributed by atoms with Gasteiger partial charge < -0.3 is 5.73 Å². The van der Waals surface area contributed by atoms with E-state index in [-0.39, 0.29) is 6.04 Å². The van der Waals surface area contributed by atoms with Gasteiger partial charge in [0.2, 0.25) is 0 Å². The predicted octanol–water partition coefficient (Wildman–Crippen LogP) is -0.202. The van der Waals surface area contributed by atoms with Crippen molar-refractivity contribution in [3.8, 4) is 0 Å². The molecule has 2 heterocycles. The lowest BCUT2D eigenvalue weighted by molar-refractivity contribution is 0.330. The number of hydrogen-bond acceptors (Lipinski definition) is 3. The van der Waals surface area contributed by atoms with Crippen molar-refractivity contribution in [1.29, 1.82) is 0 Å². The zero-order chi connectivity index (χ0) is 7.84. The second-order valence-corrected chi connectivity index (χ2v) is 3.20. The fraction of sp³-hybridized carbons (Fsp3) is 0.714. The lowest BCUT2D eigenvalue weighted by Gasteiger charge is -2.25. The third-order valence-corrected chi connectivity index (χ3v) is 2.31. The Morgan fingerprint density at radius 2 is 2.55 bits per heavy atom. The first-order valence-electron chi connectivity index (χ1n) is 3.89. The lowest BCUT2D eigenvalue weighted by Crippen LogP contribution is -2.39. The molecular formula is C7H12N4. The first-order chi connectivity index (χ1) is 5.27. The number of nitrogens with two attached hydrogens (primary N) is 1. The van der Waals surface area contributed by atoms with Crippen LogP contribution < -0.4 is 5.73 Å². The summed E-state index contributed by atoms with van der Waals surface area (Å²) in [7, 11) is 0. The van der Waals surface area contributed by atoms with Crippen LogP contribution in [0.4, 0.5) is 0 Å². The molecule has 0 bridgehead atoms. The molecule has 2 unspecified atom stereocenters. The van der Waals surface area contributed by atoms with Crippen LogP contribution in [0.15, 0.2) is 6.33 Å². The summed E-state index contributed by atoms with van der Waals surface area (Å²) in [6, 6.07) is 0.240. The van der Waals surface area contributed by atoms with Crippen LogP contribution in [0.3, 0.4) is 0 Å². The minimum absolute atomic E-state index is 0.240. The van der Waals surface area contributed by atoms with E-state index in [9.17, 15) is 0 Å². The molecular weight excluding hydrogens is 140 g/mol. The Labute approximate surface area is 65.4 Å². The highest BCUT2D eigenvalue weighted by Crippen LogP contribution is 2.15. The van der Waals surface area contributed by atoms with Gasteiger partial charge in [-0.3, -0.25) is 0 Å². The summed E-state index contributed by atoms with van der Waals surface area (Å²) in [5.74, 6) is 1.60. The molecule has 0 aromatic carbocycles. The van der Waals surface area contributed by atoms with Crippen LogP contribution in [-0.4, -0.2) is 20.8 Å². The zero-order valence-corrected chi connectivity index (χ0v) is 6.57. The van der Waals surface area contributed by atoms with Gasteiger partial charge in [0, 0.05) is 12.5 Å². The van der Waals surface area contributed by atoms with Gasteiger partial charge in [-0.2, -0.15) is 5.10 Å². The number of fused-ring (bicyclic) bond motifs is 1. The van der Waals surface area contributed by atoms with Gasteiger partial charge in [-0.25, -0.2) is 9.67 Å². The Bertz CT molecular complexity index is 230. The lowest BCUT2D eigenvalue weighted by atomic mass is 9.96. The number of nitrogens with zero attached hydrogens (tertiary/aromatic N) is 3. The van der Waals surface area contributed by atoms with E-state index in [2.05, 4.69) is 17.0 Å². The quantitative estimate of drug-likeness (QED) is 0.560. The van der Waals surface area contributed by atoms with Crippen LogP contribution in [-0.2, 0) is 13.0 Å². The molecule has 0 fully saturated rings. The smallest absolute Gasteiger partial charge is 0.138 e. The van der Waals surface area contributed by atoms with E-state index in [1.54, 1.807) is 6.33 Å². The Morgan fingerprint density at radius 1 is 1.73 bits per heavy atom. The number of rotatable bonds is 0. The van der Waals surface area contributed by atoms with E-state index in [0.29, 0.717) is 5.92 Å². The van der Waals surface area contributed by atoms with Gasteiger partial charge in [0.1, 0.15) is 12.2 Å². The van der Waals surface area contributed by atoms with E-state index in [1.165, 1.54) is 0 Å². The highest BCUT2D eigenvalue weighted by atomic mass is 15.3. The molecule has 0 saturated carbocycles. The van der Waals surface area contributed by atoms with Crippen LogP contribution >= 0.6 is 0 Å². The van der Waals surface area contributed by atoms with Gasteiger partial charge in [0.15, 0.2) is 0 Å². The summed E-state index contributed by atoms with van der Waals surface area (Å²) in [4.78, 5) is 4.14. The highest BCUT2D eigenvalue weighted by Gasteiger charge is 2.22. The van der Waals surface area contributed by atoms with Crippen molar-refractivity contribution in [1.82, 2.24) is 14.8 Å². The molecule has 2 N–H and O–H groups in total. The third kappa shape index (κ3) is 1.03. The molecule has 2 atom stereocenters. The molecule has 4 nitrogen and oxygen atoms in total. The monoisotopic (exact) mass is 152 g/mol. The average Bonchev–Trinajstić information content (AvgIpc) is 2.36. The summed E-state index contributed by atoms with van der Waals surface area (Å²) < 4.78 is 1.89. The van der Waals surface area contributed by atoms with E-state index >= 15 is 0 Å². The average molecular weight is 152 g/mol.